The molecule has 2 aliphatic rings. The van der Waals surface area contributed by atoms with Crippen molar-refractivity contribution < 1.29 is 33.3 Å². The van der Waals surface area contributed by atoms with Crippen LogP contribution in [-0.2, 0) is 30.1 Å². The van der Waals surface area contributed by atoms with Gasteiger partial charge in [-0.1, -0.05) is 24.3 Å². The molecule has 0 bridgehead atoms. The Hall–Kier alpha value is -2.90. The van der Waals surface area contributed by atoms with Crippen molar-refractivity contribution in [2.24, 2.45) is 0 Å². The van der Waals surface area contributed by atoms with Crippen LogP contribution in [0.15, 0.2) is 24.3 Å². The van der Waals surface area contributed by atoms with E-state index in [1.165, 1.54) is 0 Å². The Morgan fingerprint density at radius 3 is 1.88 bits per heavy atom. The summed E-state index contributed by atoms with van der Waals surface area (Å²) in [5.41, 5.74) is 10.1. The molecule has 0 fully saturated rings. The number of hydrogen-bond acceptors (Lipinski definition) is 8. The summed E-state index contributed by atoms with van der Waals surface area (Å²) in [6, 6.07) is 6.56. The third-order valence-electron chi connectivity index (χ3n) is 4.54. The van der Waals surface area contributed by atoms with Crippen LogP contribution in [0.3, 0.4) is 0 Å². The Bertz CT molecular complexity index is 960. The van der Waals surface area contributed by atoms with Crippen LogP contribution >= 0.6 is 7.14 Å². The lowest BCUT2D eigenvalue weighted by molar-refractivity contribution is -0.132. The fraction of sp³-hybridized carbons (Fsp3) is 0.409. The molecule has 32 heavy (non-hydrogen) atoms. The minimum absolute atomic E-state index is 0.0000643. The van der Waals surface area contributed by atoms with Crippen LogP contribution in [0, 0.1) is 0 Å². The molecule has 0 heterocycles. The summed E-state index contributed by atoms with van der Waals surface area (Å²) in [7, 11) is -2.22. The Labute approximate surface area is 187 Å². The molecule has 0 saturated carbocycles. The molecule has 0 saturated heterocycles. The molecular formula is C22H29N2O7P. The third kappa shape index (κ3) is 6.55. The summed E-state index contributed by atoms with van der Waals surface area (Å²) in [6.07, 6.45) is 0.351. The van der Waals surface area contributed by atoms with Gasteiger partial charge in [0.25, 0.3) is 0 Å². The largest absolute Gasteiger partial charge is 0.462 e. The van der Waals surface area contributed by atoms with Gasteiger partial charge in [-0.25, -0.2) is 15.1 Å². The Morgan fingerprint density at radius 2 is 1.44 bits per heavy atom. The number of carbonyl (C=O) groups is 3. The summed E-state index contributed by atoms with van der Waals surface area (Å²) in [4.78, 5) is 42.3. The second-order valence-electron chi connectivity index (χ2n) is 7.52. The molecule has 0 spiro atoms. The van der Waals surface area contributed by atoms with E-state index < -0.39 is 25.0 Å². The zero-order valence-electron chi connectivity index (χ0n) is 18.7. The standard InChI is InChI=1S/C22H29N2O7P/c1-5-29-21(26)18-15-9-7-14(13-17(25)24-31-11-12-32(3,4)28)8-10-16(15)19(20(18)23)22(27)30-6-2/h7-10H,5-6,11-13,23H2,1-4H3,(H,24,25). The van der Waals surface area contributed by atoms with Gasteiger partial charge in [-0.05, 0) is 43.9 Å². The van der Waals surface area contributed by atoms with Gasteiger partial charge in [0, 0.05) is 6.16 Å². The molecule has 0 aromatic rings. The van der Waals surface area contributed by atoms with Gasteiger partial charge in [0.05, 0.1) is 50.2 Å². The number of amides is 1. The first kappa shape index (κ1) is 25.4. The molecule has 0 radical (unpaired) electrons. The maximum atomic E-state index is 12.5. The van der Waals surface area contributed by atoms with Gasteiger partial charge in [0.1, 0.15) is 0 Å². The normalized spacial score (nSPS) is 11.2. The molecule has 1 amide bonds. The van der Waals surface area contributed by atoms with Gasteiger partial charge in [-0.15, -0.1) is 0 Å². The van der Waals surface area contributed by atoms with Crippen LogP contribution in [-0.4, -0.2) is 57.2 Å². The fourth-order valence-electron chi connectivity index (χ4n) is 3.05. The molecule has 3 N–H and O–H groups in total. The molecule has 10 heteroatoms. The zero-order chi connectivity index (χ0) is 23.9. The van der Waals surface area contributed by atoms with E-state index in [1.54, 1.807) is 51.4 Å². The van der Waals surface area contributed by atoms with Crippen molar-refractivity contribution in [3.8, 4) is 11.1 Å². The first-order valence-corrected chi connectivity index (χ1v) is 13.0. The molecule has 0 aliphatic heterocycles. The second-order valence-corrected chi connectivity index (χ2v) is 11.1. The van der Waals surface area contributed by atoms with Crippen molar-refractivity contribution in [1.82, 2.24) is 5.48 Å². The van der Waals surface area contributed by atoms with Crippen LogP contribution in [0.4, 0.5) is 5.69 Å². The molecule has 2 aliphatic carbocycles. The van der Waals surface area contributed by atoms with E-state index >= 15 is 0 Å². The van der Waals surface area contributed by atoms with Crippen LogP contribution in [0.2, 0.25) is 0 Å². The number of nitrogens with one attached hydrogen (secondary N) is 1. The van der Waals surface area contributed by atoms with E-state index in [0.717, 1.165) is 0 Å². The number of rotatable bonds is 10. The monoisotopic (exact) mass is 464 g/mol. The first-order valence-electron chi connectivity index (χ1n) is 10.2. The number of fused-ring (bicyclic) bond motifs is 1. The van der Waals surface area contributed by atoms with E-state index in [2.05, 4.69) is 5.48 Å². The molecule has 0 unspecified atom stereocenters. The van der Waals surface area contributed by atoms with Gasteiger partial charge in [-0.2, -0.15) is 0 Å². The lowest BCUT2D eigenvalue weighted by Gasteiger charge is -2.08. The second kappa shape index (κ2) is 11.1. The van der Waals surface area contributed by atoms with Gasteiger partial charge in [-0.3, -0.25) is 9.63 Å². The molecule has 9 nitrogen and oxygen atoms in total. The highest BCUT2D eigenvalue weighted by Gasteiger charge is 2.30. The van der Waals surface area contributed by atoms with Crippen LogP contribution in [0.1, 0.15) is 40.1 Å². The maximum Gasteiger partial charge on any atom is 0.340 e. The molecule has 0 aromatic carbocycles. The zero-order valence-corrected chi connectivity index (χ0v) is 19.6. The van der Waals surface area contributed by atoms with Crippen LogP contribution in [0.25, 0.3) is 11.1 Å². The van der Waals surface area contributed by atoms with Crippen molar-refractivity contribution in [1.29, 1.82) is 0 Å². The summed E-state index contributed by atoms with van der Waals surface area (Å²) in [5, 5.41) is 0. The smallest absolute Gasteiger partial charge is 0.340 e. The van der Waals surface area contributed by atoms with E-state index in [9.17, 15) is 18.9 Å². The van der Waals surface area contributed by atoms with Gasteiger partial charge in [0.15, 0.2) is 0 Å². The minimum Gasteiger partial charge on any atom is -0.462 e. The number of nitrogens with two attached hydrogens (primary N) is 1. The fourth-order valence-corrected chi connectivity index (χ4v) is 3.58. The summed E-state index contributed by atoms with van der Waals surface area (Å²) < 4.78 is 21.9. The average molecular weight is 464 g/mol. The molecule has 2 rings (SSSR count). The minimum atomic E-state index is -2.22. The molecular weight excluding hydrogens is 435 g/mol. The Balaban J connectivity index is 2.31. The lowest BCUT2D eigenvalue weighted by Crippen LogP contribution is -2.26. The summed E-state index contributed by atoms with van der Waals surface area (Å²) in [6.45, 7) is 7.08. The Kier molecular flexibility index (Phi) is 8.80. The van der Waals surface area contributed by atoms with Crippen LogP contribution in [0.5, 0.6) is 0 Å². The van der Waals surface area contributed by atoms with E-state index in [4.69, 9.17) is 20.0 Å². The molecule has 0 atom stereocenters. The van der Waals surface area contributed by atoms with Crippen molar-refractivity contribution in [3.05, 3.63) is 41.0 Å². The highest BCUT2D eigenvalue weighted by Crippen LogP contribution is 2.39. The summed E-state index contributed by atoms with van der Waals surface area (Å²) in [5.74, 6) is -1.68. The number of anilines is 1. The first-order chi connectivity index (χ1) is 15.1. The van der Waals surface area contributed by atoms with E-state index in [-0.39, 0.29) is 43.1 Å². The number of nitrogen functional groups attached to an aromatic ring is 1. The highest BCUT2D eigenvalue weighted by molar-refractivity contribution is 7.62. The molecule has 174 valence electrons. The van der Waals surface area contributed by atoms with E-state index in [1.807, 2.05) is 0 Å². The molecule has 0 aromatic heterocycles. The highest BCUT2D eigenvalue weighted by atomic mass is 31.2. The van der Waals surface area contributed by atoms with Crippen molar-refractivity contribution in [2.75, 3.05) is 45.0 Å². The van der Waals surface area contributed by atoms with Crippen molar-refractivity contribution in [2.45, 2.75) is 20.3 Å². The number of ether oxygens (including phenoxy) is 2. The maximum absolute atomic E-state index is 12.5. The number of carbonyl (C=O) groups excluding carboxylic acids is 3. The van der Waals surface area contributed by atoms with Gasteiger partial charge < -0.3 is 19.8 Å². The lowest BCUT2D eigenvalue weighted by atomic mass is 10.1. The number of hydrogen-bond donors (Lipinski definition) is 2. The van der Waals surface area contributed by atoms with Crippen molar-refractivity contribution in [3.63, 3.8) is 0 Å². The van der Waals surface area contributed by atoms with E-state index in [0.29, 0.717) is 22.9 Å². The average Bonchev–Trinajstić information content (AvgIpc) is 2.83. The SMILES string of the molecule is CCOC(=O)c1c2ccc(CC(=O)NOCCP(C)(C)=O)ccc-2c(C(=O)OCC)c1N. The predicted molar refractivity (Wildman–Crippen MR) is 122 cm³/mol. The predicted octanol–water partition coefficient (Wildman–Crippen LogP) is 2.94. The summed E-state index contributed by atoms with van der Waals surface area (Å²) >= 11 is 0. The Morgan fingerprint density at radius 1 is 0.938 bits per heavy atom. The topological polar surface area (TPSA) is 134 Å². The van der Waals surface area contributed by atoms with Gasteiger partial charge >= 0.3 is 11.9 Å². The van der Waals surface area contributed by atoms with Gasteiger partial charge in [0.2, 0.25) is 5.91 Å². The van der Waals surface area contributed by atoms with Crippen molar-refractivity contribution >= 4 is 30.7 Å². The third-order valence-corrected chi connectivity index (χ3v) is 5.80. The van der Waals surface area contributed by atoms with Crippen LogP contribution < -0.4 is 11.2 Å². The number of hydroxylamine groups is 1. The number of esters is 2. The quantitative estimate of drug-likeness (QED) is 0.237.